The maximum atomic E-state index is 10.1. The van der Waals surface area contributed by atoms with E-state index in [1.54, 1.807) is 13.8 Å². The molecule has 56 valence electrons. The van der Waals surface area contributed by atoms with Gasteiger partial charge in [-0.2, -0.15) is 0 Å². The summed E-state index contributed by atoms with van der Waals surface area (Å²) in [7, 11) is 0. The molecule has 3 nitrogen and oxygen atoms in total. The van der Waals surface area contributed by atoms with Gasteiger partial charge in [-0.15, -0.1) is 0 Å². The fourth-order valence-electron chi connectivity index (χ4n) is 0.434. The predicted molar refractivity (Wildman–Crippen MR) is 36.6 cm³/mol. The van der Waals surface area contributed by atoms with E-state index in [0.29, 0.717) is 5.57 Å². The van der Waals surface area contributed by atoms with Gasteiger partial charge in [-0.3, -0.25) is 0 Å². The average Bonchev–Trinajstić information content (AvgIpc) is 1.85. The average molecular weight is 142 g/mol. The maximum Gasteiger partial charge on any atom is 0.328 e. The number of allylic oxidation sites excluding steroid dienone is 1. The van der Waals surface area contributed by atoms with Crippen molar-refractivity contribution in [1.29, 1.82) is 0 Å². The molecule has 0 fully saturated rings. The second kappa shape index (κ2) is 3.82. The predicted octanol–water partition coefficient (Wildman–Crippen LogP) is 0.852. The van der Waals surface area contributed by atoms with Crippen LogP contribution in [0.25, 0.3) is 0 Å². The summed E-state index contributed by atoms with van der Waals surface area (Å²) < 4.78 is 0. The Morgan fingerprint density at radius 1 is 1.60 bits per heavy atom. The van der Waals surface area contributed by atoms with E-state index in [9.17, 15) is 9.59 Å². The first-order valence-corrected chi connectivity index (χ1v) is 2.94. The number of aliphatic carboxylic acids is 1. The van der Waals surface area contributed by atoms with Crippen LogP contribution < -0.4 is 0 Å². The molecule has 1 unspecified atom stereocenters. The molecular formula is C7H10O3. The molecule has 0 aromatic carbocycles. The second-order valence-corrected chi connectivity index (χ2v) is 2.15. The van der Waals surface area contributed by atoms with E-state index < -0.39 is 5.97 Å². The first kappa shape index (κ1) is 8.88. The molecule has 0 saturated carbocycles. The molecule has 0 amide bonds. The Kier molecular flexibility index (Phi) is 3.39. The van der Waals surface area contributed by atoms with Crippen molar-refractivity contribution in [2.45, 2.75) is 13.8 Å². The molecule has 0 aliphatic heterocycles. The van der Waals surface area contributed by atoms with Gasteiger partial charge >= 0.3 is 5.97 Å². The van der Waals surface area contributed by atoms with Crippen molar-refractivity contribution >= 4 is 12.3 Å². The fourth-order valence-corrected chi connectivity index (χ4v) is 0.434. The second-order valence-electron chi connectivity index (χ2n) is 2.15. The van der Waals surface area contributed by atoms with Gasteiger partial charge in [0.05, 0.1) is 0 Å². The number of carbonyl (C=O) groups is 2. The minimum Gasteiger partial charge on any atom is -0.478 e. The Labute approximate surface area is 59.4 Å². The Balaban J connectivity index is 4.18. The SMILES string of the molecule is CC(=CC(=O)O)C(C)C=O. The lowest BCUT2D eigenvalue weighted by Crippen LogP contribution is -2.00. The molecule has 0 radical (unpaired) electrons. The first-order valence-electron chi connectivity index (χ1n) is 2.94. The number of aldehydes is 1. The van der Waals surface area contributed by atoms with Gasteiger partial charge < -0.3 is 9.90 Å². The lowest BCUT2D eigenvalue weighted by Gasteiger charge is -1.99. The van der Waals surface area contributed by atoms with Crippen LogP contribution in [0.4, 0.5) is 0 Å². The van der Waals surface area contributed by atoms with E-state index in [4.69, 9.17) is 5.11 Å². The topological polar surface area (TPSA) is 54.4 Å². The molecule has 10 heavy (non-hydrogen) atoms. The monoisotopic (exact) mass is 142 g/mol. The molecule has 0 aliphatic carbocycles. The summed E-state index contributed by atoms with van der Waals surface area (Å²) in [5.74, 6) is -1.30. The Morgan fingerprint density at radius 3 is 2.40 bits per heavy atom. The number of hydrogen-bond acceptors (Lipinski definition) is 2. The summed E-state index contributed by atoms with van der Waals surface area (Å²) in [5.41, 5.74) is 0.572. The standard InChI is InChI=1S/C7H10O3/c1-5(3-7(9)10)6(2)4-8/h3-4,6H,1-2H3,(H,9,10). The third-order valence-electron chi connectivity index (χ3n) is 1.27. The summed E-state index contributed by atoms with van der Waals surface area (Å²) in [6.07, 6.45) is 1.76. The van der Waals surface area contributed by atoms with Crippen molar-refractivity contribution in [3.8, 4) is 0 Å². The van der Waals surface area contributed by atoms with Gasteiger partial charge in [0.15, 0.2) is 0 Å². The highest BCUT2D eigenvalue weighted by molar-refractivity contribution is 5.81. The lowest BCUT2D eigenvalue weighted by molar-refractivity contribution is -0.131. The quantitative estimate of drug-likeness (QED) is 0.469. The molecule has 0 saturated heterocycles. The molecule has 3 heteroatoms. The smallest absolute Gasteiger partial charge is 0.328 e. The van der Waals surface area contributed by atoms with E-state index >= 15 is 0 Å². The van der Waals surface area contributed by atoms with Crippen LogP contribution >= 0.6 is 0 Å². The Morgan fingerprint density at radius 2 is 2.10 bits per heavy atom. The van der Waals surface area contributed by atoms with Gasteiger partial charge in [0.25, 0.3) is 0 Å². The minimum atomic E-state index is -1.01. The van der Waals surface area contributed by atoms with Crippen LogP contribution in [-0.2, 0) is 9.59 Å². The number of rotatable bonds is 3. The highest BCUT2D eigenvalue weighted by Crippen LogP contribution is 2.04. The number of hydrogen-bond donors (Lipinski definition) is 1. The molecular weight excluding hydrogens is 132 g/mol. The largest absolute Gasteiger partial charge is 0.478 e. The first-order chi connectivity index (χ1) is 4.57. The van der Waals surface area contributed by atoms with Gasteiger partial charge in [-0.1, -0.05) is 12.5 Å². The molecule has 0 aliphatic rings. The lowest BCUT2D eigenvalue weighted by atomic mass is 10.1. The van der Waals surface area contributed by atoms with Gasteiger partial charge in [-0.05, 0) is 6.92 Å². The van der Waals surface area contributed by atoms with Gasteiger partial charge in [0, 0.05) is 12.0 Å². The number of carboxylic acid groups (broad SMARTS) is 1. The maximum absolute atomic E-state index is 10.1. The zero-order valence-corrected chi connectivity index (χ0v) is 6.00. The van der Waals surface area contributed by atoms with Crippen LogP contribution in [-0.4, -0.2) is 17.4 Å². The molecule has 0 rings (SSSR count). The molecule has 0 aromatic rings. The summed E-state index contributed by atoms with van der Waals surface area (Å²) in [6, 6.07) is 0. The van der Waals surface area contributed by atoms with Crippen LogP contribution in [0.1, 0.15) is 13.8 Å². The van der Waals surface area contributed by atoms with Gasteiger partial charge in [0.2, 0.25) is 0 Å². The van der Waals surface area contributed by atoms with Crippen molar-refractivity contribution in [3.63, 3.8) is 0 Å². The Hall–Kier alpha value is -1.12. The summed E-state index contributed by atoms with van der Waals surface area (Å²) in [6.45, 7) is 3.27. The third-order valence-corrected chi connectivity index (χ3v) is 1.27. The fraction of sp³-hybridized carbons (Fsp3) is 0.429. The van der Waals surface area contributed by atoms with E-state index in [1.807, 2.05) is 0 Å². The van der Waals surface area contributed by atoms with Crippen molar-refractivity contribution in [2.24, 2.45) is 5.92 Å². The molecule has 1 atom stereocenters. The van der Waals surface area contributed by atoms with Crippen LogP contribution in [0.3, 0.4) is 0 Å². The summed E-state index contributed by atoms with van der Waals surface area (Å²) in [4.78, 5) is 20.1. The van der Waals surface area contributed by atoms with Crippen LogP contribution in [0, 0.1) is 5.92 Å². The molecule has 0 spiro atoms. The summed E-state index contributed by atoms with van der Waals surface area (Å²) >= 11 is 0. The van der Waals surface area contributed by atoms with Gasteiger partial charge in [-0.25, -0.2) is 4.79 Å². The number of carboxylic acids is 1. The van der Waals surface area contributed by atoms with Crippen molar-refractivity contribution in [1.82, 2.24) is 0 Å². The van der Waals surface area contributed by atoms with E-state index in [1.165, 1.54) is 0 Å². The zero-order valence-electron chi connectivity index (χ0n) is 6.00. The Bertz CT molecular complexity index is 170. The van der Waals surface area contributed by atoms with Gasteiger partial charge in [0.1, 0.15) is 6.29 Å². The molecule has 0 aromatic heterocycles. The minimum absolute atomic E-state index is 0.295. The van der Waals surface area contributed by atoms with Crippen LogP contribution in [0.15, 0.2) is 11.6 Å². The van der Waals surface area contributed by atoms with Crippen molar-refractivity contribution in [2.75, 3.05) is 0 Å². The highest BCUT2D eigenvalue weighted by Gasteiger charge is 2.02. The van der Waals surface area contributed by atoms with Crippen LogP contribution in [0.2, 0.25) is 0 Å². The normalized spacial score (nSPS) is 14.4. The number of carbonyl (C=O) groups excluding carboxylic acids is 1. The molecule has 0 heterocycles. The van der Waals surface area contributed by atoms with Crippen molar-refractivity contribution in [3.05, 3.63) is 11.6 Å². The van der Waals surface area contributed by atoms with E-state index in [-0.39, 0.29) is 5.92 Å². The highest BCUT2D eigenvalue weighted by atomic mass is 16.4. The zero-order chi connectivity index (χ0) is 8.15. The van der Waals surface area contributed by atoms with Crippen molar-refractivity contribution < 1.29 is 14.7 Å². The molecule has 1 N–H and O–H groups in total. The summed E-state index contributed by atoms with van der Waals surface area (Å²) in [5, 5.41) is 8.24. The van der Waals surface area contributed by atoms with Crippen LogP contribution in [0.5, 0.6) is 0 Å². The molecule has 0 bridgehead atoms. The van der Waals surface area contributed by atoms with E-state index in [0.717, 1.165) is 12.4 Å². The third kappa shape index (κ3) is 3.02. The van der Waals surface area contributed by atoms with E-state index in [2.05, 4.69) is 0 Å².